The number of carboxylic acids is 1. The standard InChI is InChI=1S/C17H19NO4/c1-18-15(19)14(16(20)21)13-10-6-2-3-8-12(10)22-17(18)9-5-4-7-11(13)17/h2-3,6,8,11,13-14H,4-5,7,9H2,1H3,(H,20,21). The first kappa shape index (κ1) is 13.6. The monoisotopic (exact) mass is 301 g/mol. The summed E-state index contributed by atoms with van der Waals surface area (Å²) in [6.45, 7) is 0. The minimum Gasteiger partial charge on any atom is -0.481 e. The Morgan fingerprint density at radius 2 is 2.14 bits per heavy atom. The van der Waals surface area contributed by atoms with Crippen LogP contribution in [0.2, 0.25) is 0 Å². The van der Waals surface area contributed by atoms with Crippen LogP contribution in [0.4, 0.5) is 0 Å². The van der Waals surface area contributed by atoms with Gasteiger partial charge in [-0.05, 0) is 24.5 Å². The minimum atomic E-state index is -1.03. The molecule has 0 radical (unpaired) electrons. The van der Waals surface area contributed by atoms with E-state index in [2.05, 4.69) is 0 Å². The molecule has 1 saturated carbocycles. The van der Waals surface area contributed by atoms with Crippen LogP contribution in [-0.4, -0.2) is 34.7 Å². The zero-order valence-electron chi connectivity index (χ0n) is 12.5. The number of carbonyl (C=O) groups excluding carboxylic acids is 1. The number of hydrogen-bond acceptors (Lipinski definition) is 3. The van der Waals surface area contributed by atoms with Crippen LogP contribution >= 0.6 is 0 Å². The van der Waals surface area contributed by atoms with Crippen molar-refractivity contribution in [1.29, 1.82) is 0 Å². The highest BCUT2D eigenvalue weighted by Gasteiger charge is 2.63. The van der Waals surface area contributed by atoms with Crippen molar-refractivity contribution in [2.24, 2.45) is 11.8 Å². The van der Waals surface area contributed by atoms with Crippen molar-refractivity contribution in [3.8, 4) is 5.75 Å². The van der Waals surface area contributed by atoms with Crippen molar-refractivity contribution in [3.05, 3.63) is 29.8 Å². The maximum absolute atomic E-state index is 12.7. The lowest BCUT2D eigenvalue weighted by Crippen LogP contribution is -2.69. The molecule has 22 heavy (non-hydrogen) atoms. The Morgan fingerprint density at radius 1 is 1.36 bits per heavy atom. The van der Waals surface area contributed by atoms with Gasteiger partial charge in [-0.2, -0.15) is 0 Å². The van der Waals surface area contributed by atoms with Crippen molar-refractivity contribution in [1.82, 2.24) is 4.90 Å². The van der Waals surface area contributed by atoms with E-state index in [1.54, 1.807) is 11.9 Å². The van der Waals surface area contributed by atoms with E-state index in [9.17, 15) is 14.7 Å². The van der Waals surface area contributed by atoms with Gasteiger partial charge in [0, 0.05) is 25.3 Å². The fourth-order valence-corrected chi connectivity index (χ4v) is 4.70. The number of aliphatic carboxylic acids is 1. The molecule has 1 saturated heterocycles. The van der Waals surface area contributed by atoms with Crippen LogP contribution < -0.4 is 4.74 Å². The molecule has 1 aromatic rings. The summed E-state index contributed by atoms with van der Waals surface area (Å²) >= 11 is 0. The molecule has 1 aliphatic carbocycles. The van der Waals surface area contributed by atoms with Crippen LogP contribution in [-0.2, 0) is 9.59 Å². The van der Waals surface area contributed by atoms with E-state index in [-0.39, 0.29) is 17.7 Å². The Bertz CT molecular complexity index is 658. The number of para-hydroxylation sites is 1. The molecule has 4 unspecified atom stereocenters. The molecule has 4 atom stereocenters. The second-order valence-electron chi connectivity index (χ2n) is 6.58. The van der Waals surface area contributed by atoms with Gasteiger partial charge in [0.05, 0.1) is 0 Å². The largest absolute Gasteiger partial charge is 0.481 e. The summed E-state index contributed by atoms with van der Waals surface area (Å²) in [4.78, 5) is 26.1. The fourth-order valence-electron chi connectivity index (χ4n) is 4.70. The second kappa shape index (κ2) is 4.48. The molecule has 2 bridgehead atoms. The maximum Gasteiger partial charge on any atom is 0.316 e. The van der Waals surface area contributed by atoms with E-state index in [4.69, 9.17) is 4.74 Å². The van der Waals surface area contributed by atoms with Gasteiger partial charge in [-0.25, -0.2) is 0 Å². The summed E-state index contributed by atoms with van der Waals surface area (Å²) in [6, 6.07) is 7.58. The highest BCUT2D eigenvalue weighted by atomic mass is 16.5. The number of benzene rings is 1. The van der Waals surface area contributed by atoms with Crippen LogP contribution in [0.1, 0.15) is 37.2 Å². The summed E-state index contributed by atoms with van der Waals surface area (Å²) in [5.41, 5.74) is 0.208. The molecule has 3 aliphatic rings. The molecule has 1 amide bonds. The van der Waals surface area contributed by atoms with E-state index in [1.165, 1.54) is 0 Å². The number of carboxylic acid groups (broad SMARTS) is 1. The average molecular weight is 301 g/mol. The van der Waals surface area contributed by atoms with Crippen molar-refractivity contribution in [2.75, 3.05) is 7.05 Å². The number of likely N-dealkylation sites (tertiary alicyclic amines) is 1. The van der Waals surface area contributed by atoms with Crippen LogP contribution in [0.15, 0.2) is 24.3 Å². The molecular weight excluding hydrogens is 282 g/mol. The molecule has 1 aromatic carbocycles. The van der Waals surface area contributed by atoms with E-state index in [0.717, 1.165) is 37.0 Å². The second-order valence-corrected chi connectivity index (χ2v) is 6.58. The molecule has 1 N–H and O–H groups in total. The summed E-state index contributed by atoms with van der Waals surface area (Å²) in [6.07, 6.45) is 3.74. The van der Waals surface area contributed by atoms with E-state index >= 15 is 0 Å². The molecule has 116 valence electrons. The number of fused-ring (bicyclic) bond motifs is 2. The molecule has 5 nitrogen and oxygen atoms in total. The Hall–Kier alpha value is -2.04. The van der Waals surface area contributed by atoms with Crippen LogP contribution in [0.25, 0.3) is 0 Å². The normalized spacial score (nSPS) is 36.1. The quantitative estimate of drug-likeness (QED) is 0.808. The Balaban J connectivity index is 1.96. The highest BCUT2D eigenvalue weighted by Crippen LogP contribution is 2.58. The SMILES string of the molecule is CN1C(=O)C(C(=O)O)C2c3ccccc3OC13CCCCC23. The zero-order chi connectivity index (χ0) is 15.5. The topological polar surface area (TPSA) is 66.8 Å². The number of piperidine rings is 1. The molecule has 0 aromatic heterocycles. The van der Waals surface area contributed by atoms with Gasteiger partial charge < -0.3 is 14.7 Å². The average Bonchev–Trinajstić information content (AvgIpc) is 2.52. The molecule has 0 spiro atoms. The first-order valence-electron chi connectivity index (χ1n) is 7.85. The zero-order valence-corrected chi connectivity index (χ0v) is 12.5. The number of amides is 1. The van der Waals surface area contributed by atoms with Crippen molar-refractivity contribution < 1.29 is 19.4 Å². The highest BCUT2D eigenvalue weighted by molar-refractivity contribution is 5.99. The number of nitrogens with zero attached hydrogens (tertiary/aromatic N) is 1. The molecular formula is C17H19NO4. The van der Waals surface area contributed by atoms with E-state index < -0.39 is 17.6 Å². The van der Waals surface area contributed by atoms with Crippen LogP contribution in [0, 0.1) is 11.8 Å². The summed E-state index contributed by atoms with van der Waals surface area (Å²) in [5.74, 6) is -1.86. The van der Waals surface area contributed by atoms with Gasteiger partial charge in [0.15, 0.2) is 5.72 Å². The van der Waals surface area contributed by atoms with Gasteiger partial charge in [-0.3, -0.25) is 9.59 Å². The summed E-state index contributed by atoms with van der Waals surface area (Å²) < 4.78 is 6.32. The molecule has 4 rings (SSSR count). The van der Waals surface area contributed by atoms with E-state index in [0.29, 0.717) is 0 Å². The predicted octanol–water partition coefficient (Wildman–Crippen LogP) is 2.22. The third-order valence-electron chi connectivity index (χ3n) is 5.67. The first-order chi connectivity index (χ1) is 10.6. The lowest BCUT2D eigenvalue weighted by atomic mass is 9.61. The first-order valence-corrected chi connectivity index (χ1v) is 7.85. The van der Waals surface area contributed by atoms with Gasteiger partial charge in [-0.1, -0.05) is 24.6 Å². The van der Waals surface area contributed by atoms with Crippen molar-refractivity contribution >= 4 is 11.9 Å². The predicted molar refractivity (Wildman–Crippen MR) is 78.4 cm³/mol. The minimum absolute atomic E-state index is 0.0555. The lowest BCUT2D eigenvalue weighted by Gasteiger charge is -2.59. The summed E-state index contributed by atoms with van der Waals surface area (Å²) in [5, 5.41) is 9.66. The maximum atomic E-state index is 12.7. The molecule has 2 heterocycles. The summed E-state index contributed by atoms with van der Waals surface area (Å²) in [7, 11) is 1.70. The van der Waals surface area contributed by atoms with Gasteiger partial charge in [0.2, 0.25) is 5.91 Å². The Morgan fingerprint density at radius 3 is 2.91 bits per heavy atom. The Labute approximate surface area is 128 Å². The van der Waals surface area contributed by atoms with Crippen molar-refractivity contribution in [2.45, 2.75) is 37.3 Å². The molecule has 5 heteroatoms. The van der Waals surface area contributed by atoms with E-state index in [1.807, 2.05) is 24.3 Å². The number of carbonyl (C=O) groups is 2. The van der Waals surface area contributed by atoms with Gasteiger partial charge >= 0.3 is 5.97 Å². The van der Waals surface area contributed by atoms with Crippen molar-refractivity contribution in [3.63, 3.8) is 0 Å². The third-order valence-corrected chi connectivity index (χ3v) is 5.67. The lowest BCUT2D eigenvalue weighted by molar-refractivity contribution is -0.204. The number of rotatable bonds is 1. The van der Waals surface area contributed by atoms with Crippen LogP contribution in [0.5, 0.6) is 5.75 Å². The molecule has 2 aliphatic heterocycles. The molecule has 2 fully saturated rings. The smallest absolute Gasteiger partial charge is 0.316 e. The third kappa shape index (κ3) is 1.54. The van der Waals surface area contributed by atoms with Gasteiger partial charge in [0.1, 0.15) is 11.7 Å². The Kier molecular flexibility index (Phi) is 2.77. The van der Waals surface area contributed by atoms with Crippen LogP contribution in [0.3, 0.4) is 0 Å². The van der Waals surface area contributed by atoms with Gasteiger partial charge in [-0.15, -0.1) is 0 Å². The fraction of sp³-hybridized carbons (Fsp3) is 0.529. The number of hydrogen-bond donors (Lipinski definition) is 1. The van der Waals surface area contributed by atoms with Gasteiger partial charge in [0.25, 0.3) is 0 Å². The number of ether oxygens (including phenoxy) is 1.